The molecule has 6 nitrogen and oxygen atoms in total. The third-order valence-electron chi connectivity index (χ3n) is 3.61. The van der Waals surface area contributed by atoms with Gasteiger partial charge in [-0.2, -0.15) is 10.5 Å². The predicted octanol–water partition coefficient (Wildman–Crippen LogP) is 2.11. The zero-order valence-electron chi connectivity index (χ0n) is 13.0. The summed E-state index contributed by atoms with van der Waals surface area (Å²) in [6.45, 7) is 0. The van der Waals surface area contributed by atoms with E-state index in [2.05, 4.69) is 0 Å². The molecule has 0 bridgehead atoms. The molecule has 0 radical (unpaired) electrons. The van der Waals surface area contributed by atoms with E-state index in [1.54, 1.807) is 24.3 Å². The Kier molecular flexibility index (Phi) is 5.58. The monoisotopic (exact) mass is 374 g/mol. The number of benzene rings is 2. The quantitative estimate of drug-likeness (QED) is 0.764. The molecule has 0 aliphatic heterocycles. The van der Waals surface area contributed by atoms with Crippen molar-refractivity contribution in [1.82, 2.24) is 0 Å². The normalized spacial score (nSPS) is 14.0. The summed E-state index contributed by atoms with van der Waals surface area (Å²) in [5, 5.41) is 15.3. The predicted molar refractivity (Wildman–Crippen MR) is 90.7 cm³/mol. The SMILES string of the molecule is N#CC(CC(C#N)S(=O)(=O)c1ccccc1)S(=O)(=O)c1ccccc1. The molecule has 0 amide bonds. The molecule has 0 heterocycles. The summed E-state index contributed by atoms with van der Waals surface area (Å²) < 4.78 is 50.2. The first-order chi connectivity index (χ1) is 11.8. The van der Waals surface area contributed by atoms with Crippen LogP contribution in [0.15, 0.2) is 70.5 Å². The molecule has 0 aliphatic rings. The van der Waals surface area contributed by atoms with Gasteiger partial charge >= 0.3 is 0 Å². The lowest BCUT2D eigenvalue weighted by atomic mass is 10.2. The van der Waals surface area contributed by atoms with Gasteiger partial charge in [0.2, 0.25) is 0 Å². The molecule has 2 aromatic carbocycles. The van der Waals surface area contributed by atoms with Crippen molar-refractivity contribution in [2.45, 2.75) is 26.7 Å². The van der Waals surface area contributed by atoms with Gasteiger partial charge in [-0.15, -0.1) is 0 Å². The highest BCUT2D eigenvalue weighted by atomic mass is 32.2. The van der Waals surface area contributed by atoms with Gasteiger partial charge in [0, 0.05) is 6.42 Å². The third-order valence-corrected chi connectivity index (χ3v) is 7.56. The molecule has 128 valence electrons. The van der Waals surface area contributed by atoms with Crippen LogP contribution in [0.4, 0.5) is 0 Å². The summed E-state index contributed by atoms with van der Waals surface area (Å²) >= 11 is 0. The van der Waals surface area contributed by atoms with Crippen molar-refractivity contribution < 1.29 is 16.8 Å². The number of nitriles is 2. The van der Waals surface area contributed by atoms with Crippen LogP contribution >= 0.6 is 0 Å². The van der Waals surface area contributed by atoms with Gasteiger partial charge in [-0.3, -0.25) is 0 Å². The third kappa shape index (κ3) is 3.87. The molecule has 2 aromatic rings. The maximum Gasteiger partial charge on any atom is 0.194 e. The standard InChI is InChI=1S/C17H14N2O4S2/c18-12-16(24(20,21)14-7-3-1-4-8-14)11-17(13-19)25(22,23)15-9-5-2-6-10-15/h1-10,16-17H,11H2. The molecule has 0 aliphatic carbocycles. The van der Waals surface area contributed by atoms with E-state index in [1.165, 1.54) is 48.5 Å². The summed E-state index contributed by atoms with van der Waals surface area (Å²) in [6, 6.07) is 17.8. The molecule has 8 heteroatoms. The van der Waals surface area contributed by atoms with Crippen LogP contribution in [0.2, 0.25) is 0 Å². The van der Waals surface area contributed by atoms with Crippen LogP contribution < -0.4 is 0 Å². The molecular formula is C17H14N2O4S2. The van der Waals surface area contributed by atoms with Gasteiger partial charge in [0.1, 0.15) is 0 Å². The Hall–Kier alpha value is -2.68. The Labute approximate surface area is 146 Å². The van der Waals surface area contributed by atoms with Crippen LogP contribution in [0.25, 0.3) is 0 Å². The lowest BCUT2D eigenvalue weighted by molar-refractivity contribution is 0.576. The molecule has 0 aromatic heterocycles. The van der Waals surface area contributed by atoms with Crippen molar-refractivity contribution >= 4 is 19.7 Å². The topological polar surface area (TPSA) is 116 Å². The van der Waals surface area contributed by atoms with Crippen LogP contribution in [-0.4, -0.2) is 27.3 Å². The van der Waals surface area contributed by atoms with Crippen LogP contribution in [0.5, 0.6) is 0 Å². The van der Waals surface area contributed by atoms with E-state index in [0.717, 1.165) is 0 Å². The van der Waals surface area contributed by atoms with Crippen LogP contribution in [0.3, 0.4) is 0 Å². The maximum atomic E-state index is 12.6. The Bertz CT molecular complexity index is 934. The Morgan fingerprint density at radius 1 is 0.680 bits per heavy atom. The van der Waals surface area contributed by atoms with Crippen LogP contribution in [-0.2, 0) is 19.7 Å². The van der Waals surface area contributed by atoms with Crippen molar-refractivity contribution in [3.8, 4) is 12.1 Å². The minimum absolute atomic E-state index is 0.0876. The van der Waals surface area contributed by atoms with Crippen molar-refractivity contribution in [2.24, 2.45) is 0 Å². The highest BCUT2D eigenvalue weighted by Gasteiger charge is 2.36. The van der Waals surface area contributed by atoms with Gasteiger partial charge in [-0.05, 0) is 24.3 Å². The second-order valence-electron chi connectivity index (χ2n) is 5.19. The van der Waals surface area contributed by atoms with Crippen molar-refractivity contribution in [2.75, 3.05) is 0 Å². The Balaban J connectivity index is 2.38. The summed E-state index contributed by atoms with van der Waals surface area (Å²) in [5.41, 5.74) is 0. The molecule has 0 saturated carbocycles. The van der Waals surface area contributed by atoms with Crippen LogP contribution in [0, 0.1) is 22.7 Å². The lowest BCUT2D eigenvalue weighted by Gasteiger charge is -2.15. The van der Waals surface area contributed by atoms with Crippen LogP contribution in [0.1, 0.15) is 6.42 Å². The molecule has 2 rings (SSSR count). The van der Waals surface area contributed by atoms with E-state index in [-0.39, 0.29) is 9.79 Å². The lowest BCUT2D eigenvalue weighted by Crippen LogP contribution is -2.29. The summed E-state index contributed by atoms with van der Waals surface area (Å²) in [4.78, 5) is -0.175. The Morgan fingerprint density at radius 3 is 1.28 bits per heavy atom. The molecule has 0 spiro atoms. The van der Waals surface area contributed by atoms with E-state index >= 15 is 0 Å². The van der Waals surface area contributed by atoms with Gasteiger partial charge in [-0.25, -0.2) is 16.8 Å². The second kappa shape index (κ2) is 7.47. The second-order valence-corrected chi connectivity index (χ2v) is 9.45. The van der Waals surface area contributed by atoms with Crippen molar-refractivity contribution in [3.05, 3.63) is 60.7 Å². The Morgan fingerprint density at radius 2 is 1.00 bits per heavy atom. The van der Waals surface area contributed by atoms with E-state index in [4.69, 9.17) is 0 Å². The molecule has 2 unspecified atom stereocenters. The zero-order valence-corrected chi connectivity index (χ0v) is 14.6. The first kappa shape index (κ1) is 18.7. The number of hydrogen-bond acceptors (Lipinski definition) is 6. The average Bonchev–Trinajstić information content (AvgIpc) is 2.63. The molecule has 25 heavy (non-hydrogen) atoms. The fraction of sp³-hybridized carbons (Fsp3) is 0.176. The molecule has 0 N–H and O–H groups in total. The number of nitrogens with zero attached hydrogens (tertiary/aromatic N) is 2. The minimum atomic E-state index is -4.08. The average molecular weight is 374 g/mol. The van der Waals surface area contributed by atoms with E-state index in [1.807, 2.05) is 0 Å². The summed E-state index contributed by atoms with van der Waals surface area (Å²) in [5.74, 6) is 0. The van der Waals surface area contributed by atoms with E-state index in [0.29, 0.717) is 0 Å². The number of rotatable bonds is 6. The molecule has 0 fully saturated rings. The van der Waals surface area contributed by atoms with Gasteiger partial charge in [-0.1, -0.05) is 36.4 Å². The number of sulfone groups is 2. The zero-order chi connectivity index (χ0) is 18.5. The van der Waals surface area contributed by atoms with Crippen molar-refractivity contribution in [1.29, 1.82) is 10.5 Å². The molecule has 0 saturated heterocycles. The maximum absolute atomic E-state index is 12.6. The van der Waals surface area contributed by atoms with E-state index < -0.39 is 36.6 Å². The minimum Gasteiger partial charge on any atom is -0.222 e. The highest BCUT2D eigenvalue weighted by molar-refractivity contribution is 7.93. The fourth-order valence-electron chi connectivity index (χ4n) is 2.24. The summed E-state index contributed by atoms with van der Waals surface area (Å²) in [7, 11) is -8.15. The molecule has 2 atom stereocenters. The smallest absolute Gasteiger partial charge is 0.194 e. The largest absolute Gasteiger partial charge is 0.222 e. The fourth-order valence-corrected chi connectivity index (χ4v) is 5.26. The van der Waals surface area contributed by atoms with Gasteiger partial charge < -0.3 is 0 Å². The van der Waals surface area contributed by atoms with Gasteiger partial charge in [0.15, 0.2) is 30.2 Å². The summed E-state index contributed by atoms with van der Waals surface area (Å²) in [6.07, 6.45) is -0.624. The highest BCUT2D eigenvalue weighted by Crippen LogP contribution is 2.24. The number of hydrogen-bond donors (Lipinski definition) is 0. The van der Waals surface area contributed by atoms with Gasteiger partial charge in [0.05, 0.1) is 21.9 Å². The van der Waals surface area contributed by atoms with Crippen molar-refractivity contribution in [3.63, 3.8) is 0 Å². The van der Waals surface area contributed by atoms with E-state index in [9.17, 15) is 27.4 Å². The first-order valence-electron chi connectivity index (χ1n) is 7.21. The van der Waals surface area contributed by atoms with Gasteiger partial charge in [0.25, 0.3) is 0 Å². The molecular weight excluding hydrogens is 360 g/mol. The first-order valence-corrected chi connectivity index (χ1v) is 10.3.